The van der Waals surface area contributed by atoms with Gasteiger partial charge in [-0.1, -0.05) is 39.0 Å². The number of nitrogens with two attached hydrogens (primary N) is 1. The van der Waals surface area contributed by atoms with E-state index in [-0.39, 0.29) is 11.3 Å². The molecule has 1 aliphatic carbocycles. The van der Waals surface area contributed by atoms with Crippen molar-refractivity contribution in [2.24, 2.45) is 5.73 Å². The lowest BCUT2D eigenvalue weighted by Gasteiger charge is -2.25. The van der Waals surface area contributed by atoms with Gasteiger partial charge in [-0.3, -0.25) is 4.21 Å². The minimum atomic E-state index is -0.680. The molecule has 0 radical (unpaired) electrons. The monoisotopic (exact) mass is 231 g/mol. The highest BCUT2D eigenvalue weighted by molar-refractivity contribution is 7.85. The number of hydrogen-bond donors (Lipinski definition) is 1. The largest absolute Gasteiger partial charge is 0.327 e. The molecular formula is C12H25NOS. The summed E-state index contributed by atoms with van der Waals surface area (Å²) < 4.78 is 12.1. The molecule has 1 aliphatic rings. The Morgan fingerprint density at radius 1 is 1.20 bits per heavy atom. The van der Waals surface area contributed by atoms with E-state index >= 15 is 0 Å². The van der Waals surface area contributed by atoms with E-state index in [1.807, 2.05) is 0 Å². The molecule has 1 saturated carbocycles. The van der Waals surface area contributed by atoms with Gasteiger partial charge in [0.05, 0.1) is 0 Å². The third kappa shape index (κ3) is 4.64. The van der Waals surface area contributed by atoms with E-state index < -0.39 is 10.8 Å². The Kier molecular flexibility index (Phi) is 6.50. The summed E-state index contributed by atoms with van der Waals surface area (Å²) in [5.41, 5.74) is 6.13. The van der Waals surface area contributed by atoms with Gasteiger partial charge in [-0.25, -0.2) is 0 Å². The van der Waals surface area contributed by atoms with Crippen LogP contribution in [0.25, 0.3) is 0 Å². The Balaban J connectivity index is 2.43. The van der Waals surface area contributed by atoms with Crippen LogP contribution in [0.2, 0.25) is 0 Å². The van der Waals surface area contributed by atoms with Crippen LogP contribution in [0.1, 0.15) is 58.3 Å². The maximum atomic E-state index is 12.1. The SMILES string of the molecule is CCCCS(=O)C1CCCCCCC1N. The van der Waals surface area contributed by atoms with Gasteiger partial charge in [-0.05, 0) is 19.3 Å². The highest BCUT2D eigenvalue weighted by Gasteiger charge is 2.24. The predicted molar refractivity (Wildman–Crippen MR) is 67.4 cm³/mol. The molecule has 3 atom stereocenters. The van der Waals surface area contributed by atoms with Crippen molar-refractivity contribution in [2.45, 2.75) is 69.6 Å². The van der Waals surface area contributed by atoms with Crippen molar-refractivity contribution in [1.82, 2.24) is 0 Å². The summed E-state index contributed by atoms with van der Waals surface area (Å²) >= 11 is 0. The van der Waals surface area contributed by atoms with E-state index in [4.69, 9.17) is 5.73 Å². The van der Waals surface area contributed by atoms with Gasteiger partial charge in [0.15, 0.2) is 0 Å². The summed E-state index contributed by atoms with van der Waals surface area (Å²) in [6.45, 7) is 2.15. The van der Waals surface area contributed by atoms with Crippen molar-refractivity contribution in [1.29, 1.82) is 0 Å². The van der Waals surface area contributed by atoms with Crippen LogP contribution in [0, 0.1) is 0 Å². The van der Waals surface area contributed by atoms with E-state index in [1.54, 1.807) is 0 Å². The van der Waals surface area contributed by atoms with Crippen LogP contribution >= 0.6 is 0 Å². The molecular weight excluding hydrogens is 206 g/mol. The van der Waals surface area contributed by atoms with Crippen LogP contribution < -0.4 is 5.73 Å². The number of unbranched alkanes of at least 4 members (excludes halogenated alkanes) is 1. The highest BCUT2D eigenvalue weighted by Crippen LogP contribution is 2.21. The van der Waals surface area contributed by atoms with Crippen molar-refractivity contribution >= 4 is 10.8 Å². The van der Waals surface area contributed by atoms with Gasteiger partial charge in [0.2, 0.25) is 0 Å². The Bertz CT molecular complexity index is 196. The smallest absolute Gasteiger partial charge is 0.0499 e. The predicted octanol–water partition coefficient (Wildman–Crippen LogP) is 2.59. The maximum Gasteiger partial charge on any atom is 0.0499 e. The van der Waals surface area contributed by atoms with Crippen LogP contribution in [-0.4, -0.2) is 21.3 Å². The molecule has 0 bridgehead atoms. The minimum Gasteiger partial charge on any atom is -0.327 e. The second kappa shape index (κ2) is 7.39. The lowest BCUT2D eigenvalue weighted by Crippen LogP contribution is -2.39. The van der Waals surface area contributed by atoms with Crippen molar-refractivity contribution in [3.63, 3.8) is 0 Å². The second-order valence-corrected chi connectivity index (χ2v) is 6.41. The van der Waals surface area contributed by atoms with Crippen LogP contribution in [0.5, 0.6) is 0 Å². The zero-order chi connectivity index (χ0) is 11.1. The maximum absolute atomic E-state index is 12.1. The molecule has 0 aromatic heterocycles. The Morgan fingerprint density at radius 3 is 2.53 bits per heavy atom. The van der Waals surface area contributed by atoms with Gasteiger partial charge in [0.1, 0.15) is 0 Å². The summed E-state index contributed by atoms with van der Waals surface area (Å²) in [7, 11) is -0.680. The summed E-state index contributed by atoms with van der Waals surface area (Å²) in [5.74, 6) is 0.856. The van der Waals surface area contributed by atoms with E-state index in [2.05, 4.69) is 6.92 Å². The van der Waals surface area contributed by atoms with Crippen molar-refractivity contribution < 1.29 is 4.21 Å². The first-order chi connectivity index (χ1) is 7.25. The van der Waals surface area contributed by atoms with Crippen LogP contribution in [0.3, 0.4) is 0 Å². The van der Waals surface area contributed by atoms with Crippen LogP contribution in [0.4, 0.5) is 0 Å². The van der Waals surface area contributed by atoms with Crippen LogP contribution in [-0.2, 0) is 10.8 Å². The standard InChI is InChI=1S/C12H25NOS/c1-2-3-10-15(14)12-9-7-5-4-6-8-11(12)13/h11-12H,2-10,13H2,1H3. The third-order valence-electron chi connectivity index (χ3n) is 3.29. The summed E-state index contributed by atoms with van der Waals surface area (Å²) in [4.78, 5) is 0. The van der Waals surface area contributed by atoms with Gasteiger partial charge in [0.25, 0.3) is 0 Å². The molecule has 0 spiro atoms. The van der Waals surface area contributed by atoms with Crippen LogP contribution in [0.15, 0.2) is 0 Å². The number of hydrogen-bond acceptors (Lipinski definition) is 2. The summed E-state index contributed by atoms with van der Waals surface area (Å²) in [6.07, 6.45) is 9.42. The first-order valence-electron chi connectivity index (χ1n) is 6.38. The van der Waals surface area contributed by atoms with Gasteiger partial charge in [0, 0.05) is 27.8 Å². The molecule has 90 valence electrons. The average Bonchev–Trinajstić information content (AvgIpc) is 2.20. The fourth-order valence-corrected chi connectivity index (χ4v) is 4.07. The lowest BCUT2D eigenvalue weighted by molar-refractivity contribution is 0.456. The fourth-order valence-electron chi connectivity index (χ4n) is 2.24. The van der Waals surface area contributed by atoms with Crippen molar-refractivity contribution in [2.75, 3.05) is 5.75 Å². The molecule has 3 unspecified atom stereocenters. The molecule has 1 fully saturated rings. The van der Waals surface area contributed by atoms with Crippen molar-refractivity contribution in [3.8, 4) is 0 Å². The molecule has 0 aromatic carbocycles. The molecule has 15 heavy (non-hydrogen) atoms. The zero-order valence-electron chi connectivity index (χ0n) is 9.91. The van der Waals surface area contributed by atoms with E-state index in [1.165, 1.54) is 25.7 Å². The molecule has 0 heterocycles. The van der Waals surface area contributed by atoms with Gasteiger partial charge < -0.3 is 5.73 Å². The molecule has 0 aliphatic heterocycles. The quantitative estimate of drug-likeness (QED) is 0.808. The molecule has 0 amide bonds. The van der Waals surface area contributed by atoms with Gasteiger partial charge in [-0.2, -0.15) is 0 Å². The molecule has 2 nitrogen and oxygen atoms in total. The molecule has 1 rings (SSSR count). The van der Waals surface area contributed by atoms with E-state index in [0.717, 1.165) is 31.4 Å². The number of rotatable bonds is 4. The molecule has 3 heteroatoms. The normalized spacial score (nSPS) is 30.5. The fraction of sp³-hybridized carbons (Fsp3) is 1.00. The Hall–Kier alpha value is 0.110. The summed E-state index contributed by atoms with van der Waals surface area (Å²) in [6, 6.07) is 0.183. The first-order valence-corrected chi connectivity index (χ1v) is 7.76. The third-order valence-corrected chi connectivity index (χ3v) is 5.24. The minimum absolute atomic E-state index is 0.183. The molecule has 2 N–H and O–H groups in total. The lowest BCUT2D eigenvalue weighted by atomic mass is 9.97. The zero-order valence-corrected chi connectivity index (χ0v) is 10.7. The van der Waals surface area contributed by atoms with E-state index in [0.29, 0.717) is 0 Å². The summed E-state index contributed by atoms with van der Waals surface area (Å²) in [5, 5.41) is 0.275. The average molecular weight is 231 g/mol. The topological polar surface area (TPSA) is 43.1 Å². The molecule has 0 aromatic rings. The second-order valence-electron chi connectivity index (χ2n) is 4.63. The Morgan fingerprint density at radius 2 is 1.87 bits per heavy atom. The van der Waals surface area contributed by atoms with E-state index in [9.17, 15) is 4.21 Å². The molecule has 0 saturated heterocycles. The van der Waals surface area contributed by atoms with Gasteiger partial charge >= 0.3 is 0 Å². The van der Waals surface area contributed by atoms with Crippen molar-refractivity contribution in [3.05, 3.63) is 0 Å². The Labute approximate surface area is 96.5 Å². The highest BCUT2D eigenvalue weighted by atomic mass is 32.2. The van der Waals surface area contributed by atoms with Gasteiger partial charge in [-0.15, -0.1) is 0 Å². The first kappa shape index (κ1) is 13.2.